The van der Waals surface area contributed by atoms with Crippen molar-refractivity contribution in [3.05, 3.63) is 84.4 Å². The average molecular weight is 305 g/mol. The summed E-state index contributed by atoms with van der Waals surface area (Å²) in [5.41, 5.74) is 3.40. The fraction of sp³-hybridized carbons (Fsp3) is 0.0526. The summed E-state index contributed by atoms with van der Waals surface area (Å²) in [6.07, 6.45) is 3.90. The van der Waals surface area contributed by atoms with E-state index in [1.165, 1.54) is 6.07 Å². The fourth-order valence-electron chi connectivity index (χ4n) is 2.59. The summed E-state index contributed by atoms with van der Waals surface area (Å²) in [5, 5.41) is 0. The SMILES string of the molecule is Fc1cccc(C[n+]2cccc(-c3nc4ccccc4o3)c2)c1. The molecule has 2 aromatic heterocycles. The summed E-state index contributed by atoms with van der Waals surface area (Å²) in [6.45, 7) is 0.589. The third-order valence-corrected chi connectivity index (χ3v) is 3.65. The quantitative estimate of drug-likeness (QED) is 0.536. The number of hydrogen-bond donors (Lipinski definition) is 0. The van der Waals surface area contributed by atoms with Gasteiger partial charge in [0.1, 0.15) is 16.9 Å². The first kappa shape index (κ1) is 13.6. The van der Waals surface area contributed by atoms with Crippen LogP contribution in [-0.2, 0) is 6.54 Å². The lowest BCUT2D eigenvalue weighted by molar-refractivity contribution is -0.687. The summed E-state index contributed by atoms with van der Waals surface area (Å²) in [5.74, 6) is 0.359. The molecule has 0 saturated heterocycles. The van der Waals surface area contributed by atoms with E-state index >= 15 is 0 Å². The molecular formula is C19H14FN2O+. The number of para-hydroxylation sites is 2. The molecule has 4 heteroatoms. The molecule has 0 spiro atoms. The molecule has 4 rings (SSSR count). The van der Waals surface area contributed by atoms with E-state index in [4.69, 9.17) is 4.42 Å². The molecule has 4 aromatic rings. The minimum Gasteiger partial charge on any atom is -0.436 e. The fourth-order valence-corrected chi connectivity index (χ4v) is 2.59. The second kappa shape index (κ2) is 5.65. The van der Waals surface area contributed by atoms with Crippen LogP contribution in [0.1, 0.15) is 5.56 Å². The van der Waals surface area contributed by atoms with Crippen LogP contribution < -0.4 is 4.57 Å². The number of nitrogens with zero attached hydrogens (tertiary/aromatic N) is 2. The van der Waals surface area contributed by atoms with Crippen molar-refractivity contribution in [3.8, 4) is 11.5 Å². The highest BCUT2D eigenvalue weighted by molar-refractivity contribution is 5.75. The summed E-state index contributed by atoms with van der Waals surface area (Å²) in [7, 11) is 0. The number of benzene rings is 2. The summed E-state index contributed by atoms with van der Waals surface area (Å²) >= 11 is 0. The molecule has 0 bridgehead atoms. The van der Waals surface area contributed by atoms with E-state index in [1.807, 2.05) is 59.4 Å². The van der Waals surface area contributed by atoms with Crippen LogP contribution in [-0.4, -0.2) is 4.98 Å². The number of pyridine rings is 1. The van der Waals surface area contributed by atoms with Crippen LogP contribution >= 0.6 is 0 Å². The highest BCUT2D eigenvalue weighted by Crippen LogP contribution is 2.22. The van der Waals surface area contributed by atoms with Crippen LogP contribution in [0.4, 0.5) is 4.39 Å². The second-order valence-corrected chi connectivity index (χ2v) is 5.38. The molecule has 112 valence electrons. The van der Waals surface area contributed by atoms with E-state index in [0.29, 0.717) is 12.4 Å². The van der Waals surface area contributed by atoms with Gasteiger partial charge in [-0.3, -0.25) is 0 Å². The Morgan fingerprint density at radius 2 is 1.91 bits per heavy atom. The highest BCUT2D eigenvalue weighted by Gasteiger charge is 2.12. The van der Waals surface area contributed by atoms with Gasteiger partial charge in [-0.05, 0) is 30.3 Å². The smallest absolute Gasteiger partial charge is 0.233 e. The lowest BCUT2D eigenvalue weighted by Crippen LogP contribution is -2.33. The van der Waals surface area contributed by atoms with Crippen molar-refractivity contribution in [2.24, 2.45) is 0 Å². The Morgan fingerprint density at radius 3 is 2.78 bits per heavy atom. The molecule has 3 nitrogen and oxygen atoms in total. The topological polar surface area (TPSA) is 29.9 Å². The Labute approximate surface area is 132 Å². The van der Waals surface area contributed by atoms with Gasteiger partial charge in [0.25, 0.3) is 0 Å². The zero-order valence-electron chi connectivity index (χ0n) is 12.3. The van der Waals surface area contributed by atoms with Crippen molar-refractivity contribution in [2.75, 3.05) is 0 Å². The second-order valence-electron chi connectivity index (χ2n) is 5.38. The van der Waals surface area contributed by atoms with E-state index in [2.05, 4.69) is 4.98 Å². The van der Waals surface area contributed by atoms with Gasteiger partial charge >= 0.3 is 0 Å². The van der Waals surface area contributed by atoms with Gasteiger partial charge in [0.05, 0.1) is 0 Å². The standard InChI is InChI=1S/C19H14FN2O/c20-16-7-3-5-14(11-16)12-22-10-4-6-15(13-22)19-21-17-8-1-2-9-18(17)23-19/h1-11,13H,12H2/q+1. The highest BCUT2D eigenvalue weighted by atomic mass is 19.1. The van der Waals surface area contributed by atoms with Crippen molar-refractivity contribution >= 4 is 11.1 Å². The summed E-state index contributed by atoms with van der Waals surface area (Å²) in [6, 6.07) is 18.2. The number of halogens is 1. The number of rotatable bonds is 3. The minimum absolute atomic E-state index is 0.224. The average Bonchev–Trinajstić information content (AvgIpc) is 2.99. The largest absolute Gasteiger partial charge is 0.436 e. The molecule has 2 aromatic carbocycles. The Hall–Kier alpha value is -3.01. The Morgan fingerprint density at radius 1 is 1.00 bits per heavy atom. The number of oxazole rings is 1. The first-order valence-corrected chi connectivity index (χ1v) is 7.37. The summed E-state index contributed by atoms with van der Waals surface area (Å²) in [4.78, 5) is 4.51. The van der Waals surface area contributed by atoms with E-state index in [0.717, 1.165) is 22.2 Å². The maximum Gasteiger partial charge on any atom is 0.233 e. The number of hydrogen-bond acceptors (Lipinski definition) is 2. The zero-order chi connectivity index (χ0) is 15.6. The monoisotopic (exact) mass is 305 g/mol. The Balaban J connectivity index is 1.68. The van der Waals surface area contributed by atoms with Crippen LogP contribution in [0.15, 0.2) is 77.5 Å². The van der Waals surface area contributed by atoms with E-state index < -0.39 is 0 Å². The van der Waals surface area contributed by atoms with E-state index in [1.54, 1.807) is 12.1 Å². The van der Waals surface area contributed by atoms with Crippen molar-refractivity contribution in [1.82, 2.24) is 4.98 Å². The summed E-state index contributed by atoms with van der Waals surface area (Å²) < 4.78 is 21.1. The third-order valence-electron chi connectivity index (χ3n) is 3.65. The predicted molar refractivity (Wildman–Crippen MR) is 85.1 cm³/mol. The van der Waals surface area contributed by atoms with Gasteiger partial charge < -0.3 is 4.42 Å². The molecular weight excluding hydrogens is 291 g/mol. The predicted octanol–water partition coefficient (Wildman–Crippen LogP) is 3.97. The van der Waals surface area contributed by atoms with Gasteiger partial charge in [-0.2, -0.15) is 4.57 Å². The molecule has 2 heterocycles. The molecule has 0 saturated carbocycles. The number of fused-ring (bicyclic) bond motifs is 1. The minimum atomic E-state index is -0.224. The first-order chi connectivity index (χ1) is 11.3. The Kier molecular flexibility index (Phi) is 3.35. The molecule has 0 atom stereocenters. The Bertz CT molecular complexity index is 945. The molecule has 0 radical (unpaired) electrons. The van der Waals surface area contributed by atoms with Crippen LogP contribution in [0.3, 0.4) is 0 Å². The van der Waals surface area contributed by atoms with Gasteiger partial charge in [-0.1, -0.05) is 24.3 Å². The van der Waals surface area contributed by atoms with Crippen molar-refractivity contribution in [3.63, 3.8) is 0 Å². The molecule has 23 heavy (non-hydrogen) atoms. The number of aromatic nitrogens is 2. The molecule has 0 aliphatic heterocycles. The van der Waals surface area contributed by atoms with Gasteiger partial charge in [-0.15, -0.1) is 0 Å². The normalized spacial score (nSPS) is 11.0. The molecule has 0 unspecified atom stereocenters. The molecule has 0 aliphatic carbocycles. The molecule has 0 amide bonds. The van der Waals surface area contributed by atoms with E-state index in [9.17, 15) is 4.39 Å². The van der Waals surface area contributed by atoms with Gasteiger partial charge in [0, 0.05) is 11.6 Å². The third kappa shape index (κ3) is 2.83. The lowest BCUT2D eigenvalue weighted by atomic mass is 10.2. The van der Waals surface area contributed by atoms with Crippen molar-refractivity contribution < 1.29 is 13.4 Å². The molecule has 0 N–H and O–H groups in total. The van der Waals surface area contributed by atoms with Gasteiger partial charge in [-0.25, -0.2) is 9.37 Å². The van der Waals surface area contributed by atoms with Crippen molar-refractivity contribution in [1.29, 1.82) is 0 Å². The zero-order valence-corrected chi connectivity index (χ0v) is 12.3. The van der Waals surface area contributed by atoms with Gasteiger partial charge in [0.2, 0.25) is 5.89 Å². The van der Waals surface area contributed by atoms with Crippen LogP contribution in [0.5, 0.6) is 0 Å². The lowest BCUT2D eigenvalue weighted by Gasteiger charge is -1.99. The van der Waals surface area contributed by atoms with Crippen LogP contribution in [0, 0.1) is 5.82 Å². The van der Waals surface area contributed by atoms with E-state index in [-0.39, 0.29) is 5.82 Å². The molecule has 0 aliphatic rings. The first-order valence-electron chi connectivity index (χ1n) is 7.37. The van der Waals surface area contributed by atoms with Crippen LogP contribution in [0.25, 0.3) is 22.6 Å². The maximum atomic E-state index is 13.3. The van der Waals surface area contributed by atoms with Crippen LogP contribution in [0.2, 0.25) is 0 Å². The molecule has 0 fully saturated rings. The maximum absolute atomic E-state index is 13.3. The van der Waals surface area contributed by atoms with Crippen molar-refractivity contribution in [2.45, 2.75) is 6.54 Å². The van der Waals surface area contributed by atoms with Gasteiger partial charge in [0.15, 0.2) is 24.5 Å².